The highest BCUT2D eigenvalue weighted by molar-refractivity contribution is 14.1. The number of halogens is 2. The van der Waals surface area contributed by atoms with Crippen LogP contribution in [0.2, 0.25) is 0 Å². The molecule has 2 aromatic rings. The average Bonchev–Trinajstić information content (AvgIpc) is 2.40. The quantitative estimate of drug-likeness (QED) is 0.636. The van der Waals surface area contributed by atoms with Crippen molar-refractivity contribution < 1.29 is 0 Å². The van der Waals surface area contributed by atoms with E-state index in [9.17, 15) is 0 Å². The Balaban J connectivity index is 1.85. The molecule has 3 rings (SSSR count). The summed E-state index contributed by atoms with van der Waals surface area (Å²) in [5.74, 6) is 0.784. The summed E-state index contributed by atoms with van der Waals surface area (Å²) in [6.45, 7) is 0. The maximum atomic E-state index is 6.43. The predicted molar refractivity (Wildman–Crippen MR) is 95.9 cm³/mol. The Morgan fingerprint density at radius 2 is 1.80 bits per heavy atom. The van der Waals surface area contributed by atoms with Crippen LogP contribution in [-0.2, 0) is 0 Å². The molecule has 1 nitrogen and oxygen atoms in total. The Morgan fingerprint density at radius 1 is 1.10 bits per heavy atom. The van der Waals surface area contributed by atoms with Crippen LogP contribution < -0.4 is 5.73 Å². The van der Waals surface area contributed by atoms with Crippen LogP contribution in [0.1, 0.15) is 47.9 Å². The standard InChI is InChI=1S/C17H17BrIN/c18-14-8-9-16(19)15(10-14)17(20)13-6-4-12(5-7-13)11-2-1-3-11/h4-11,17H,1-3,20H2. The van der Waals surface area contributed by atoms with Crippen LogP contribution >= 0.6 is 38.5 Å². The fraction of sp³-hybridized carbons (Fsp3) is 0.294. The van der Waals surface area contributed by atoms with Gasteiger partial charge in [0.15, 0.2) is 0 Å². The van der Waals surface area contributed by atoms with Gasteiger partial charge < -0.3 is 5.73 Å². The lowest BCUT2D eigenvalue weighted by Crippen LogP contribution is -2.14. The lowest BCUT2D eigenvalue weighted by atomic mass is 9.79. The molecule has 1 aliphatic carbocycles. The van der Waals surface area contributed by atoms with Gasteiger partial charge in [0.1, 0.15) is 0 Å². The zero-order valence-corrected chi connectivity index (χ0v) is 14.9. The van der Waals surface area contributed by atoms with Crippen LogP contribution in [0, 0.1) is 3.57 Å². The van der Waals surface area contributed by atoms with Gasteiger partial charge in [-0.1, -0.05) is 46.6 Å². The summed E-state index contributed by atoms with van der Waals surface area (Å²) >= 11 is 5.88. The SMILES string of the molecule is NC(c1ccc(C2CCC2)cc1)c1cc(Br)ccc1I. The lowest BCUT2D eigenvalue weighted by Gasteiger charge is -2.26. The molecule has 1 aliphatic rings. The van der Waals surface area contributed by atoms with Gasteiger partial charge >= 0.3 is 0 Å². The minimum Gasteiger partial charge on any atom is -0.320 e. The number of benzene rings is 2. The predicted octanol–water partition coefficient (Wildman–Crippen LogP) is 5.37. The molecule has 1 fully saturated rings. The van der Waals surface area contributed by atoms with Crippen LogP contribution in [0.4, 0.5) is 0 Å². The molecule has 0 aromatic heterocycles. The second-order valence-electron chi connectivity index (χ2n) is 5.44. The highest BCUT2D eigenvalue weighted by atomic mass is 127. The van der Waals surface area contributed by atoms with E-state index in [1.807, 2.05) is 0 Å². The number of nitrogens with two attached hydrogens (primary N) is 1. The second kappa shape index (κ2) is 6.16. The molecule has 0 radical (unpaired) electrons. The molecule has 0 heterocycles. The summed E-state index contributed by atoms with van der Waals surface area (Å²) in [7, 11) is 0. The molecular formula is C17H17BrIN. The van der Waals surface area contributed by atoms with Gasteiger partial charge in [-0.15, -0.1) is 0 Å². The van der Waals surface area contributed by atoms with Crippen molar-refractivity contribution in [2.24, 2.45) is 5.73 Å². The van der Waals surface area contributed by atoms with Crippen LogP contribution in [-0.4, -0.2) is 0 Å². The summed E-state index contributed by atoms with van der Waals surface area (Å²) in [6.07, 6.45) is 4.06. The van der Waals surface area contributed by atoms with Crippen LogP contribution in [0.3, 0.4) is 0 Å². The average molecular weight is 442 g/mol. The summed E-state index contributed by atoms with van der Waals surface area (Å²) in [4.78, 5) is 0. The van der Waals surface area contributed by atoms with Crippen molar-refractivity contribution in [2.45, 2.75) is 31.2 Å². The molecule has 0 bridgehead atoms. The summed E-state index contributed by atoms with van der Waals surface area (Å²) in [5, 5.41) is 0. The number of hydrogen-bond acceptors (Lipinski definition) is 1. The van der Waals surface area contributed by atoms with Gasteiger partial charge in [-0.3, -0.25) is 0 Å². The molecule has 0 aliphatic heterocycles. The second-order valence-corrected chi connectivity index (χ2v) is 7.52. The van der Waals surface area contributed by atoms with Crippen LogP contribution in [0.5, 0.6) is 0 Å². The minimum atomic E-state index is -0.0603. The number of rotatable bonds is 3. The Morgan fingerprint density at radius 3 is 2.40 bits per heavy atom. The smallest absolute Gasteiger partial charge is 0.0562 e. The Hall–Kier alpha value is -0.390. The van der Waals surface area contributed by atoms with E-state index in [0.717, 1.165) is 10.4 Å². The molecule has 1 saturated carbocycles. The Kier molecular flexibility index (Phi) is 4.48. The summed E-state index contributed by atoms with van der Waals surface area (Å²) < 4.78 is 2.29. The molecule has 104 valence electrons. The largest absolute Gasteiger partial charge is 0.320 e. The molecule has 1 unspecified atom stereocenters. The third-order valence-electron chi connectivity index (χ3n) is 4.17. The highest BCUT2D eigenvalue weighted by Gasteiger charge is 2.20. The maximum Gasteiger partial charge on any atom is 0.0562 e. The molecule has 2 aromatic carbocycles. The fourth-order valence-electron chi connectivity index (χ4n) is 2.65. The van der Waals surface area contributed by atoms with Crippen LogP contribution in [0.15, 0.2) is 46.9 Å². The maximum absolute atomic E-state index is 6.43. The van der Waals surface area contributed by atoms with E-state index in [2.05, 4.69) is 81.0 Å². The van der Waals surface area contributed by atoms with Crippen molar-refractivity contribution in [3.8, 4) is 0 Å². The van der Waals surface area contributed by atoms with Crippen molar-refractivity contribution in [3.05, 3.63) is 67.2 Å². The summed E-state index contributed by atoms with van der Waals surface area (Å²) in [5.41, 5.74) is 10.3. The monoisotopic (exact) mass is 441 g/mol. The first kappa shape index (κ1) is 14.5. The molecule has 20 heavy (non-hydrogen) atoms. The van der Waals surface area contributed by atoms with Gasteiger partial charge in [-0.05, 0) is 76.2 Å². The van der Waals surface area contributed by atoms with E-state index >= 15 is 0 Å². The van der Waals surface area contributed by atoms with E-state index in [1.165, 1.54) is 39.5 Å². The zero-order valence-electron chi connectivity index (χ0n) is 11.2. The Labute approximate surface area is 142 Å². The third-order valence-corrected chi connectivity index (χ3v) is 5.64. The first-order valence-electron chi connectivity index (χ1n) is 6.95. The molecule has 3 heteroatoms. The van der Waals surface area contributed by atoms with Gasteiger partial charge in [0, 0.05) is 8.04 Å². The van der Waals surface area contributed by atoms with Crippen molar-refractivity contribution in [1.82, 2.24) is 0 Å². The van der Waals surface area contributed by atoms with Gasteiger partial charge in [0.25, 0.3) is 0 Å². The normalized spacial score (nSPS) is 16.8. The number of hydrogen-bond donors (Lipinski definition) is 1. The van der Waals surface area contributed by atoms with E-state index in [4.69, 9.17) is 5.73 Å². The summed E-state index contributed by atoms with van der Waals surface area (Å²) in [6, 6.07) is 15.1. The first-order valence-corrected chi connectivity index (χ1v) is 8.82. The van der Waals surface area contributed by atoms with Gasteiger partial charge in [-0.2, -0.15) is 0 Å². The van der Waals surface area contributed by atoms with Crippen molar-refractivity contribution in [2.75, 3.05) is 0 Å². The topological polar surface area (TPSA) is 26.0 Å². The van der Waals surface area contributed by atoms with E-state index in [1.54, 1.807) is 0 Å². The molecule has 0 saturated heterocycles. The van der Waals surface area contributed by atoms with Crippen molar-refractivity contribution in [3.63, 3.8) is 0 Å². The van der Waals surface area contributed by atoms with Gasteiger partial charge in [0.05, 0.1) is 6.04 Å². The molecule has 0 spiro atoms. The van der Waals surface area contributed by atoms with Crippen molar-refractivity contribution >= 4 is 38.5 Å². The lowest BCUT2D eigenvalue weighted by molar-refractivity contribution is 0.419. The van der Waals surface area contributed by atoms with E-state index in [0.29, 0.717) is 0 Å². The van der Waals surface area contributed by atoms with Crippen molar-refractivity contribution in [1.29, 1.82) is 0 Å². The minimum absolute atomic E-state index is 0.0603. The van der Waals surface area contributed by atoms with Gasteiger partial charge in [-0.25, -0.2) is 0 Å². The first-order chi connectivity index (χ1) is 9.65. The fourth-order valence-corrected chi connectivity index (χ4v) is 3.70. The van der Waals surface area contributed by atoms with Gasteiger partial charge in [0.2, 0.25) is 0 Å². The molecule has 1 atom stereocenters. The van der Waals surface area contributed by atoms with E-state index in [-0.39, 0.29) is 6.04 Å². The Bertz CT molecular complexity index is 605. The van der Waals surface area contributed by atoms with Crippen LogP contribution in [0.25, 0.3) is 0 Å². The molecule has 0 amide bonds. The third kappa shape index (κ3) is 2.95. The van der Waals surface area contributed by atoms with E-state index < -0.39 is 0 Å². The zero-order chi connectivity index (χ0) is 14.1. The highest BCUT2D eigenvalue weighted by Crippen LogP contribution is 2.37. The molecular weight excluding hydrogens is 425 g/mol. The molecule has 2 N–H and O–H groups in total.